The number of rotatable bonds is 9. The van der Waals surface area contributed by atoms with Crippen molar-refractivity contribution in [1.29, 1.82) is 0 Å². The highest BCUT2D eigenvalue weighted by Crippen LogP contribution is 2.33. The molecule has 4 aromatic rings. The summed E-state index contributed by atoms with van der Waals surface area (Å²) in [7, 11) is 1.64. The molecule has 0 spiro atoms. The zero-order chi connectivity index (χ0) is 22.5. The van der Waals surface area contributed by atoms with Crippen molar-refractivity contribution < 1.29 is 9.53 Å². The van der Waals surface area contributed by atoms with Gasteiger partial charge < -0.3 is 9.30 Å². The minimum atomic E-state index is 0. The molecule has 0 saturated heterocycles. The second-order valence-electron chi connectivity index (χ2n) is 7.23. The predicted octanol–water partition coefficient (Wildman–Crippen LogP) is 6.10. The van der Waals surface area contributed by atoms with Crippen LogP contribution >= 0.6 is 47.1 Å². The third kappa shape index (κ3) is 6.41. The van der Waals surface area contributed by atoms with E-state index >= 15 is 0 Å². The highest BCUT2D eigenvalue weighted by molar-refractivity contribution is 8.00. The van der Waals surface area contributed by atoms with E-state index < -0.39 is 0 Å². The topological polar surface area (TPSA) is 60.2 Å². The van der Waals surface area contributed by atoms with E-state index in [1.165, 1.54) is 23.1 Å². The molecule has 0 N–H and O–H groups in total. The number of methoxy groups -OCH3 is 1. The maximum absolute atomic E-state index is 13.3. The molecule has 0 bridgehead atoms. The molecule has 0 aliphatic heterocycles. The average molecular weight is 524 g/mol. The Morgan fingerprint density at radius 3 is 2.76 bits per heavy atom. The van der Waals surface area contributed by atoms with Gasteiger partial charge >= 0.3 is 0 Å². The first-order valence-corrected chi connectivity index (χ1v) is 12.3. The highest BCUT2D eigenvalue weighted by Gasteiger charge is 2.20. The Kier molecular flexibility index (Phi) is 9.02. The molecule has 0 unspecified atom stereocenters. The number of benzene rings is 2. The van der Waals surface area contributed by atoms with Crippen LogP contribution in [-0.2, 0) is 11.3 Å². The summed E-state index contributed by atoms with van der Waals surface area (Å²) in [5.74, 6) is 1.15. The Bertz CT molecular complexity index is 1200. The first kappa shape index (κ1) is 25.4. The molecule has 33 heavy (non-hydrogen) atoms. The van der Waals surface area contributed by atoms with E-state index in [2.05, 4.69) is 4.98 Å². The van der Waals surface area contributed by atoms with E-state index in [0.29, 0.717) is 22.5 Å². The van der Waals surface area contributed by atoms with E-state index in [1.807, 2.05) is 54.1 Å². The number of aryl methyl sites for hydroxylation is 2. The van der Waals surface area contributed by atoms with Gasteiger partial charge in [0.05, 0.1) is 29.4 Å². The van der Waals surface area contributed by atoms with Gasteiger partial charge in [0.2, 0.25) is 5.91 Å². The standard InChI is InChI=1S/C23H23ClN4O2S2.ClH/c1-16-12-17(24)13-20-22(16)26-23(32-20)28(10-3-9-27-11-8-25-15-27)21(29)14-31-19-6-4-18(30-2)5-7-19;/h4-8,11-13,15H,3,9-10,14H2,1-2H3;1H. The van der Waals surface area contributed by atoms with Gasteiger partial charge in [-0.15, -0.1) is 24.2 Å². The lowest BCUT2D eigenvalue weighted by atomic mass is 10.2. The Morgan fingerprint density at radius 2 is 2.06 bits per heavy atom. The molecule has 2 aromatic heterocycles. The third-order valence-corrected chi connectivity index (χ3v) is 7.19. The summed E-state index contributed by atoms with van der Waals surface area (Å²) in [5, 5.41) is 1.38. The maximum atomic E-state index is 13.3. The fourth-order valence-corrected chi connectivity index (χ4v) is 5.55. The lowest BCUT2D eigenvalue weighted by molar-refractivity contribution is -0.116. The molecule has 0 atom stereocenters. The van der Waals surface area contributed by atoms with Gasteiger partial charge in [0, 0.05) is 35.4 Å². The van der Waals surface area contributed by atoms with Gasteiger partial charge in [0.1, 0.15) is 5.75 Å². The van der Waals surface area contributed by atoms with Gasteiger partial charge in [-0.1, -0.05) is 22.9 Å². The van der Waals surface area contributed by atoms with Crippen LogP contribution in [-0.4, -0.2) is 39.8 Å². The number of halogens is 2. The van der Waals surface area contributed by atoms with Crippen LogP contribution in [0.1, 0.15) is 12.0 Å². The first-order chi connectivity index (χ1) is 15.5. The Balaban J connectivity index is 0.00000306. The second kappa shape index (κ2) is 11.7. The van der Waals surface area contributed by atoms with Crippen LogP contribution in [0, 0.1) is 6.92 Å². The Labute approximate surface area is 212 Å². The van der Waals surface area contributed by atoms with Gasteiger partial charge in [-0.3, -0.25) is 9.69 Å². The van der Waals surface area contributed by atoms with Crippen molar-refractivity contribution in [1.82, 2.24) is 14.5 Å². The van der Waals surface area contributed by atoms with Crippen LogP contribution in [0.4, 0.5) is 5.13 Å². The summed E-state index contributed by atoms with van der Waals surface area (Å²) in [6.07, 6.45) is 6.27. The van der Waals surface area contributed by atoms with Gasteiger partial charge in [-0.25, -0.2) is 9.97 Å². The predicted molar refractivity (Wildman–Crippen MR) is 140 cm³/mol. The summed E-state index contributed by atoms with van der Waals surface area (Å²) in [6, 6.07) is 11.5. The largest absolute Gasteiger partial charge is 0.497 e. The molecular formula is C23H24Cl2N4O2S2. The zero-order valence-electron chi connectivity index (χ0n) is 18.2. The average Bonchev–Trinajstić information content (AvgIpc) is 3.45. The molecule has 4 rings (SSSR count). The number of imidazole rings is 1. The molecule has 6 nitrogen and oxygen atoms in total. The zero-order valence-corrected chi connectivity index (χ0v) is 21.4. The number of amides is 1. The molecule has 0 aliphatic rings. The monoisotopic (exact) mass is 522 g/mol. The summed E-state index contributed by atoms with van der Waals surface area (Å²) in [6.45, 7) is 3.35. The van der Waals surface area contributed by atoms with Gasteiger partial charge in [-0.05, 0) is 55.3 Å². The van der Waals surface area contributed by atoms with Crippen LogP contribution in [0.25, 0.3) is 10.2 Å². The number of aromatic nitrogens is 3. The van der Waals surface area contributed by atoms with Crippen molar-refractivity contribution in [2.24, 2.45) is 0 Å². The number of carbonyl (C=O) groups is 1. The lowest BCUT2D eigenvalue weighted by Crippen LogP contribution is -2.33. The fourth-order valence-electron chi connectivity index (χ4n) is 3.31. The van der Waals surface area contributed by atoms with Crippen molar-refractivity contribution in [3.63, 3.8) is 0 Å². The van der Waals surface area contributed by atoms with Crippen LogP contribution in [0.5, 0.6) is 5.75 Å². The SMILES string of the molecule is COc1ccc(SCC(=O)N(CCCn2ccnc2)c2nc3c(C)cc(Cl)cc3s2)cc1.Cl. The summed E-state index contributed by atoms with van der Waals surface area (Å²) < 4.78 is 8.20. The smallest absolute Gasteiger partial charge is 0.239 e. The number of thiazole rings is 1. The molecule has 0 radical (unpaired) electrons. The third-order valence-electron chi connectivity index (χ3n) is 4.95. The minimum Gasteiger partial charge on any atom is -0.497 e. The van der Waals surface area contributed by atoms with Crippen LogP contribution in [0.15, 0.2) is 60.0 Å². The van der Waals surface area contributed by atoms with Crippen molar-refractivity contribution in [2.75, 3.05) is 24.3 Å². The molecule has 174 valence electrons. The molecule has 0 saturated carbocycles. The fraction of sp³-hybridized carbons (Fsp3) is 0.261. The van der Waals surface area contributed by atoms with E-state index in [0.717, 1.165) is 39.4 Å². The summed E-state index contributed by atoms with van der Waals surface area (Å²) >= 11 is 9.24. The number of ether oxygens (including phenoxy) is 1. The number of anilines is 1. The van der Waals surface area contributed by atoms with Crippen molar-refractivity contribution >= 4 is 68.4 Å². The van der Waals surface area contributed by atoms with E-state index in [4.69, 9.17) is 21.3 Å². The van der Waals surface area contributed by atoms with E-state index in [1.54, 1.807) is 24.5 Å². The Hall–Kier alpha value is -2.26. The summed E-state index contributed by atoms with van der Waals surface area (Å²) in [4.78, 5) is 24.9. The quantitative estimate of drug-likeness (QED) is 0.248. The normalized spacial score (nSPS) is 10.8. The molecule has 2 aromatic carbocycles. The van der Waals surface area contributed by atoms with Gasteiger partial charge in [0.25, 0.3) is 0 Å². The number of fused-ring (bicyclic) bond motifs is 1. The Morgan fingerprint density at radius 1 is 1.27 bits per heavy atom. The van der Waals surface area contributed by atoms with E-state index in [-0.39, 0.29) is 18.3 Å². The van der Waals surface area contributed by atoms with Gasteiger partial charge in [0.15, 0.2) is 5.13 Å². The molecule has 0 aliphatic carbocycles. The maximum Gasteiger partial charge on any atom is 0.239 e. The molecule has 1 amide bonds. The number of hydrogen-bond donors (Lipinski definition) is 0. The second-order valence-corrected chi connectivity index (χ2v) is 9.72. The summed E-state index contributed by atoms with van der Waals surface area (Å²) in [5.41, 5.74) is 1.90. The first-order valence-electron chi connectivity index (χ1n) is 10.1. The minimum absolute atomic E-state index is 0. The van der Waals surface area contributed by atoms with Gasteiger partial charge in [-0.2, -0.15) is 0 Å². The number of nitrogens with zero attached hydrogens (tertiary/aromatic N) is 4. The number of hydrogen-bond acceptors (Lipinski definition) is 6. The van der Waals surface area contributed by atoms with Crippen LogP contribution in [0.3, 0.4) is 0 Å². The van der Waals surface area contributed by atoms with Crippen molar-refractivity contribution in [3.05, 3.63) is 65.7 Å². The van der Waals surface area contributed by atoms with Crippen LogP contribution in [0.2, 0.25) is 5.02 Å². The molecule has 10 heteroatoms. The molecular weight excluding hydrogens is 499 g/mol. The number of thioether (sulfide) groups is 1. The highest BCUT2D eigenvalue weighted by atomic mass is 35.5. The lowest BCUT2D eigenvalue weighted by Gasteiger charge is -2.20. The van der Waals surface area contributed by atoms with Crippen molar-refractivity contribution in [3.8, 4) is 5.75 Å². The molecule has 0 fully saturated rings. The van der Waals surface area contributed by atoms with E-state index in [9.17, 15) is 4.79 Å². The number of carbonyl (C=O) groups excluding carboxylic acids is 1. The van der Waals surface area contributed by atoms with Crippen LogP contribution < -0.4 is 9.64 Å². The van der Waals surface area contributed by atoms with Crippen molar-refractivity contribution in [2.45, 2.75) is 24.8 Å². The molecule has 2 heterocycles.